The Bertz CT molecular complexity index is 661. The first-order valence-corrected chi connectivity index (χ1v) is 10.0. The van der Waals surface area contributed by atoms with Gasteiger partial charge in [0.1, 0.15) is 5.75 Å². The summed E-state index contributed by atoms with van der Waals surface area (Å²) in [5.74, 6) is 1.04. The molecule has 124 valence electrons. The van der Waals surface area contributed by atoms with Crippen LogP contribution in [0.4, 0.5) is 0 Å². The molecular formula is C17H20O4S2. The van der Waals surface area contributed by atoms with Crippen LogP contribution in [0.1, 0.15) is 17.2 Å². The lowest BCUT2D eigenvalue weighted by atomic mass is 10.1. The Labute approximate surface area is 141 Å². The van der Waals surface area contributed by atoms with Crippen LogP contribution in [0, 0.1) is 0 Å². The first-order chi connectivity index (χ1) is 11.1. The van der Waals surface area contributed by atoms with E-state index >= 15 is 0 Å². The summed E-state index contributed by atoms with van der Waals surface area (Å²) in [4.78, 5) is 1.73. The van der Waals surface area contributed by atoms with Gasteiger partial charge < -0.3 is 9.84 Å². The molecule has 0 saturated carbocycles. The van der Waals surface area contributed by atoms with Crippen molar-refractivity contribution in [1.82, 2.24) is 0 Å². The van der Waals surface area contributed by atoms with Gasteiger partial charge in [0, 0.05) is 17.9 Å². The first kappa shape index (κ1) is 16.7. The number of fused-ring (bicyclic) bond motifs is 1. The van der Waals surface area contributed by atoms with Gasteiger partial charge in [-0.15, -0.1) is 11.8 Å². The monoisotopic (exact) mass is 352 g/mol. The van der Waals surface area contributed by atoms with E-state index < -0.39 is 10.6 Å². The average molecular weight is 352 g/mol. The summed E-state index contributed by atoms with van der Waals surface area (Å²) in [5.41, 5.74) is 0.931. The summed E-state index contributed by atoms with van der Waals surface area (Å²) in [5, 5.41) is 8.83. The third-order valence-electron chi connectivity index (χ3n) is 3.66. The van der Waals surface area contributed by atoms with Gasteiger partial charge in [-0.25, -0.2) is 0 Å². The van der Waals surface area contributed by atoms with Crippen molar-refractivity contribution in [3.8, 4) is 5.75 Å². The van der Waals surface area contributed by atoms with Gasteiger partial charge in [0.25, 0.3) is 0 Å². The van der Waals surface area contributed by atoms with E-state index in [0.29, 0.717) is 29.4 Å². The summed E-state index contributed by atoms with van der Waals surface area (Å²) < 4.78 is 26.3. The summed E-state index contributed by atoms with van der Waals surface area (Å²) >= 11 is 1.64. The molecule has 23 heavy (non-hydrogen) atoms. The van der Waals surface area contributed by atoms with Crippen molar-refractivity contribution in [2.45, 2.75) is 21.5 Å². The van der Waals surface area contributed by atoms with E-state index in [1.165, 1.54) is 0 Å². The van der Waals surface area contributed by atoms with Crippen molar-refractivity contribution in [1.29, 1.82) is 0 Å². The van der Waals surface area contributed by atoms with Crippen LogP contribution in [-0.2, 0) is 0 Å². The van der Waals surface area contributed by atoms with Gasteiger partial charge in [0.05, 0.1) is 22.5 Å². The molecule has 0 radical (unpaired) electrons. The van der Waals surface area contributed by atoms with Crippen molar-refractivity contribution >= 4 is 22.4 Å². The molecule has 1 atom stereocenters. The Kier molecular flexibility index (Phi) is 5.18. The molecule has 1 aliphatic heterocycles. The molecule has 0 fully saturated rings. The standard InChI is InChI=1S/C17H20O4S2/c18-9-4-10-21-13-7-8-17-15(11-13)16(12-23(17,19)20)22-14-5-2-1-3-6-14/h1-3,5-8,11,16,18-20H,4,9-10,12H2. The van der Waals surface area contributed by atoms with E-state index in [1.807, 2.05) is 36.4 Å². The highest BCUT2D eigenvalue weighted by molar-refractivity contribution is 8.25. The van der Waals surface area contributed by atoms with Crippen LogP contribution in [0.5, 0.6) is 5.75 Å². The van der Waals surface area contributed by atoms with Gasteiger partial charge in [-0.3, -0.25) is 9.11 Å². The topological polar surface area (TPSA) is 69.9 Å². The molecule has 1 heterocycles. The van der Waals surface area contributed by atoms with Gasteiger partial charge in [-0.2, -0.15) is 10.6 Å². The smallest absolute Gasteiger partial charge is 0.119 e. The molecule has 0 amide bonds. The third kappa shape index (κ3) is 3.84. The lowest BCUT2D eigenvalue weighted by Crippen LogP contribution is -2.00. The van der Waals surface area contributed by atoms with Crippen LogP contribution in [-0.4, -0.2) is 33.2 Å². The van der Waals surface area contributed by atoms with Crippen LogP contribution in [0.25, 0.3) is 0 Å². The van der Waals surface area contributed by atoms with Gasteiger partial charge in [-0.1, -0.05) is 18.2 Å². The molecular weight excluding hydrogens is 332 g/mol. The van der Waals surface area contributed by atoms with Crippen molar-refractivity contribution in [3.05, 3.63) is 54.1 Å². The molecule has 1 unspecified atom stereocenters. The number of hydrogen-bond donors (Lipinski definition) is 3. The van der Waals surface area contributed by atoms with Gasteiger partial charge in [0.2, 0.25) is 0 Å². The molecule has 0 bridgehead atoms. The molecule has 6 heteroatoms. The second-order valence-electron chi connectivity index (χ2n) is 5.38. The Morgan fingerprint density at radius 1 is 1.13 bits per heavy atom. The van der Waals surface area contributed by atoms with Crippen molar-refractivity contribution in [2.75, 3.05) is 19.0 Å². The average Bonchev–Trinajstić information content (AvgIpc) is 2.79. The molecule has 3 rings (SSSR count). The number of hydrogen-bond acceptors (Lipinski definition) is 5. The zero-order chi connectivity index (χ0) is 16.3. The molecule has 4 nitrogen and oxygen atoms in total. The number of aliphatic hydroxyl groups is 1. The predicted octanol–water partition coefficient (Wildman–Crippen LogP) is 4.40. The Balaban J connectivity index is 1.83. The fourth-order valence-corrected chi connectivity index (χ4v) is 6.10. The van der Waals surface area contributed by atoms with E-state index in [2.05, 4.69) is 0 Å². The minimum Gasteiger partial charge on any atom is -0.493 e. The highest BCUT2D eigenvalue weighted by atomic mass is 32.3. The van der Waals surface area contributed by atoms with Gasteiger partial charge in [-0.05, 0) is 35.9 Å². The first-order valence-electron chi connectivity index (χ1n) is 7.45. The SMILES string of the molecule is OCCCOc1ccc2c(c1)C(Sc1ccccc1)CS2(O)O. The maximum atomic E-state index is 10.4. The lowest BCUT2D eigenvalue weighted by Gasteiger charge is -2.27. The van der Waals surface area contributed by atoms with Gasteiger partial charge in [0.15, 0.2) is 0 Å². The van der Waals surface area contributed by atoms with E-state index in [1.54, 1.807) is 23.9 Å². The Morgan fingerprint density at radius 2 is 1.91 bits per heavy atom. The molecule has 0 saturated heterocycles. The largest absolute Gasteiger partial charge is 0.493 e. The highest BCUT2D eigenvalue weighted by Gasteiger charge is 2.35. The molecule has 2 aromatic rings. The van der Waals surface area contributed by atoms with Crippen molar-refractivity contribution in [3.63, 3.8) is 0 Å². The zero-order valence-corrected chi connectivity index (χ0v) is 14.2. The summed E-state index contributed by atoms with van der Waals surface area (Å²) in [6.07, 6.45) is 0.578. The Hall–Kier alpha value is -1.18. The van der Waals surface area contributed by atoms with E-state index in [0.717, 1.165) is 10.5 Å². The normalized spacial score (nSPS) is 20.0. The number of rotatable bonds is 6. The highest BCUT2D eigenvalue weighted by Crippen LogP contribution is 2.63. The fourth-order valence-electron chi connectivity index (χ4n) is 2.57. The van der Waals surface area contributed by atoms with Crippen molar-refractivity contribution in [2.24, 2.45) is 0 Å². The second kappa shape index (κ2) is 7.15. The van der Waals surface area contributed by atoms with E-state index in [9.17, 15) is 9.11 Å². The maximum absolute atomic E-state index is 10.4. The minimum atomic E-state index is -2.73. The third-order valence-corrected chi connectivity index (χ3v) is 6.99. The summed E-state index contributed by atoms with van der Waals surface area (Å²) in [6.45, 7) is 0.542. The zero-order valence-electron chi connectivity index (χ0n) is 12.6. The fraction of sp³-hybridized carbons (Fsp3) is 0.294. The Morgan fingerprint density at radius 3 is 2.65 bits per heavy atom. The quantitative estimate of drug-likeness (QED) is 0.672. The molecule has 3 N–H and O–H groups in total. The molecule has 0 aliphatic carbocycles. The molecule has 0 aromatic heterocycles. The number of benzene rings is 2. The lowest BCUT2D eigenvalue weighted by molar-refractivity contribution is 0.233. The van der Waals surface area contributed by atoms with Crippen LogP contribution in [0.2, 0.25) is 0 Å². The molecule has 0 spiro atoms. The van der Waals surface area contributed by atoms with E-state index in [-0.39, 0.29) is 11.9 Å². The maximum Gasteiger partial charge on any atom is 0.119 e. The number of thioether (sulfide) groups is 1. The summed E-state index contributed by atoms with van der Waals surface area (Å²) in [6, 6.07) is 15.4. The molecule has 2 aromatic carbocycles. The second-order valence-corrected chi connectivity index (χ2v) is 8.76. The van der Waals surface area contributed by atoms with Gasteiger partial charge >= 0.3 is 0 Å². The number of ether oxygens (including phenoxy) is 1. The van der Waals surface area contributed by atoms with Crippen LogP contribution in [0.15, 0.2) is 58.3 Å². The van der Waals surface area contributed by atoms with Crippen LogP contribution in [0.3, 0.4) is 0 Å². The molecule has 1 aliphatic rings. The van der Waals surface area contributed by atoms with Crippen LogP contribution >= 0.6 is 22.4 Å². The van der Waals surface area contributed by atoms with E-state index in [4.69, 9.17) is 9.84 Å². The van der Waals surface area contributed by atoms with Crippen LogP contribution < -0.4 is 4.74 Å². The number of aliphatic hydroxyl groups excluding tert-OH is 1. The minimum absolute atomic E-state index is 0.00112. The van der Waals surface area contributed by atoms with Crippen molar-refractivity contribution < 1.29 is 18.9 Å². The summed E-state index contributed by atoms with van der Waals surface area (Å²) in [7, 11) is -2.73. The predicted molar refractivity (Wildman–Crippen MR) is 94.7 cm³/mol.